The zero-order valence-electron chi connectivity index (χ0n) is 36.9. The minimum absolute atomic E-state index is 0.00352. The first-order valence-corrected chi connectivity index (χ1v) is 23.0. The number of hydrogen-bond donors (Lipinski definition) is 3. The van der Waals surface area contributed by atoms with Gasteiger partial charge in [-0.05, 0) is 84.4 Å². The van der Waals surface area contributed by atoms with Crippen molar-refractivity contribution in [2.24, 2.45) is 5.92 Å². The number of nitrogens with one attached hydrogen (secondary N) is 3. The molecular weight excluding hydrogens is 833 g/mol. The van der Waals surface area contributed by atoms with Crippen LogP contribution in [0.2, 0.25) is 0 Å². The number of carbonyl (C=O) groups is 5. The topological polar surface area (TPSA) is 220 Å². The summed E-state index contributed by atoms with van der Waals surface area (Å²) in [6, 6.07) is 4.48. The number of hydrogen-bond acceptors (Lipinski definition) is 12. The predicted octanol–water partition coefficient (Wildman–Crippen LogP) is 3.16. The van der Waals surface area contributed by atoms with Crippen LogP contribution in [0.5, 0.6) is 17.4 Å². The number of sulfonamides is 1. The Hall–Kier alpha value is -5.72. The van der Waals surface area contributed by atoms with Crippen LogP contribution in [0.15, 0.2) is 42.6 Å². The molecule has 5 amide bonds. The summed E-state index contributed by atoms with van der Waals surface area (Å²) in [6.45, 7) is 7.05. The first-order chi connectivity index (χ1) is 29.8. The number of benzene rings is 1. The van der Waals surface area contributed by atoms with Crippen molar-refractivity contribution < 1.29 is 46.6 Å². The van der Waals surface area contributed by atoms with Gasteiger partial charge in [0.2, 0.25) is 33.6 Å². The fourth-order valence-corrected chi connectivity index (χ4v) is 9.50. The summed E-state index contributed by atoms with van der Waals surface area (Å²) in [5, 5.41) is 10.7. The number of rotatable bonds is 12. The summed E-state index contributed by atoms with van der Waals surface area (Å²) in [6.07, 6.45) is 8.25. The molecule has 3 aromatic rings. The molecular formula is C44H58N8O10S. The van der Waals surface area contributed by atoms with Gasteiger partial charge in [0.25, 0.3) is 11.8 Å². The fourth-order valence-electron chi connectivity index (χ4n) is 8.19. The molecule has 0 radical (unpaired) electrons. The van der Waals surface area contributed by atoms with Crippen molar-refractivity contribution in [2.45, 2.75) is 127 Å². The van der Waals surface area contributed by atoms with Crippen LogP contribution < -0.4 is 29.6 Å². The number of aromatic nitrogens is 3. The van der Waals surface area contributed by atoms with Gasteiger partial charge in [-0.2, -0.15) is 5.10 Å². The Morgan fingerprint density at radius 2 is 1.84 bits per heavy atom. The summed E-state index contributed by atoms with van der Waals surface area (Å²) in [4.78, 5) is 77.2. The summed E-state index contributed by atoms with van der Waals surface area (Å²) >= 11 is 0. The quantitative estimate of drug-likeness (QED) is 0.224. The molecule has 3 N–H and O–H groups in total. The maximum Gasteiger partial charge on any atom is 0.272 e. The molecule has 1 aromatic carbocycles. The van der Waals surface area contributed by atoms with E-state index in [9.17, 15) is 32.4 Å². The van der Waals surface area contributed by atoms with E-state index >= 15 is 0 Å². The number of pyridine rings is 1. The van der Waals surface area contributed by atoms with Crippen molar-refractivity contribution in [2.75, 3.05) is 27.7 Å². The number of carbonyl (C=O) groups excluding carboxylic acids is 5. The number of nitrogens with zero attached hydrogens (tertiary/aromatic N) is 5. The maximum atomic E-state index is 14.9. The van der Waals surface area contributed by atoms with Gasteiger partial charge < -0.3 is 34.6 Å². The van der Waals surface area contributed by atoms with Gasteiger partial charge in [0.05, 0.1) is 30.0 Å². The van der Waals surface area contributed by atoms with E-state index < -0.39 is 68.0 Å². The molecule has 4 heterocycles. The molecule has 2 aliphatic heterocycles. The molecule has 2 saturated carbocycles. The lowest BCUT2D eigenvalue weighted by Crippen LogP contribution is -2.58. The molecule has 1 saturated heterocycles. The lowest BCUT2D eigenvalue weighted by molar-refractivity contribution is -0.141. The van der Waals surface area contributed by atoms with Gasteiger partial charge in [0, 0.05) is 49.6 Å². The van der Waals surface area contributed by atoms with E-state index in [-0.39, 0.29) is 50.1 Å². The first kappa shape index (κ1) is 45.3. The van der Waals surface area contributed by atoms with Crippen LogP contribution in [0, 0.1) is 12.8 Å². The van der Waals surface area contributed by atoms with Crippen LogP contribution in [0.4, 0.5) is 0 Å². The molecule has 2 aromatic heterocycles. The van der Waals surface area contributed by atoms with Gasteiger partial charge in [-0.3, -0.25) is 33.4 Å². The van der Waals surface area contributed by atoms with Crippen LogP contribution >= 0.6 is 0 Å². The van der Waals surface area contributed by atoms with Gasteiger partial charge in [0.1, 0.15) is 47.5 Å². The summed E-state index contributed by atoms with van der Waals surface area (Å²) in [7, 11) is 0.766. The Bertz CT molecular complexity index is 2430. The standard InChI is InChI=1S/C44H58N8O10S/c1-26(2)61-36-22-35(30-15-16-34(60-7)27(3)38(30)46-36)62-29-21-33-40(55)47-44(42(57)49-63(58,59)43(4)18-19-43)23-28(44)13-11-9-8-10-12-14-32(41(56)52(33)24-29)45-39(54)31-17-20-51(48-31)25-37(53)50(5)6/h11,13,15-17,20,22,26,28-29,32-33H,8-10,12,14,18-19,21,23-25H2,1-7H3,(H,45,54)(H,47,55)(H,49,57)/t28-,29-,32+,33+,44-/m1/s1. The Balaban J connectivity index is 1.22. The molecule has 3 fully saturated rings. The monoisotopic (exact) mass is 890 g/mol. The van der Waals surface area contributed by atoms with Gasteiger partial charge in [-0.1, -0.05) is 25.0 Å². The second-order valence-corrected chi connectivity index (χ2v) is 20.0. The number of likely N-dealkylation sites (N-methyl/N-ethyl adjacent to an activating group) is 1. The van der Waals surface area contributed by atoms with E-state index in [4.69, 9.17) is 19.2 Å². The van der Waals surface area contributed by atoms with Gasteiger partial charge in [-0.25, -0.2) is 13.4 Å². The van der Waals surface area contributed by atoms with Crippen LogP contribution in [0.3, 0.4) is 0 Å². The Morgan fingerprint density at radius 3 is 2.54 bits per heavy atom. The number of allylic oxidation sites excluding steroid dienone is 1. The Morgan fingerprint density at radius 1 is 1.08 bits per heavy atom. The average molecular weight is 891 g/mol. The molecule has 5 atom stereocenters. The Kier molecular flexibility index (Phi) is 12.8. The third-order valence-electron chi connectivity index (χ3n) is 12.4. The van der Waals surface area contributed by atoms with E-state index in [1.54, 1.807) is 40.3 Å². The smallest absolute Gasteiger partial charge is 0.272 e. The number of fused-ring (bicyclic) bond motifs is 3. The average Bonchev–Trinajstić information content (AvgIpc) is 4.01. The van der Waals surface area contributed by atoms with Crippen molar-refractivity contribution >= 4 is 50.5 Å². The predicted molar refractivity (Wildman–Crippen MR) is 231 cm³/mol. The van der Waals surface area contributed by atoms with Crippen LogP contribution in [-0.4, -0.2) is 125 Å². The minimum Gasteiger partial charge on any atom is -0.496 e. The molecule has 18 nitrogen and oxygen atoms in total. The number of ether oxygens (including phenoxy) is 3. The van der Waals surface area contributed by atoms with Crippen LogP contribution in [-0.2, 0) is 35.7 Å². The van der Waals surface area contributed by atoms with Crippen molar-refractivity contribution in [1.29, 1.82) is 0 Å². The minimum atomic E-state index is -4.04. The Labute approximate surface area is 367 Å². The number of aryl methyl sites for hydroxylation is 1. The zero-order chi connectivity index (χ0) is 45.4. The lowest BCUT2D eigenvalue weighted by Gasteiger charge is -2.30. The zero-order valence-corrected chi connectivity index (χ0v) is 37.7. The highest BCUT2D eigenvalue weighted by molar-refractivity contribution is 7.91. The summed E-state index contributed by atoms with van der Waals surface area (Å²) in [5.41, 5.74) is -0.229. The fraction of sp³-hybridized carbons (Fsp3) is 0.568. The molecule has 0 unspecified atom stereocenters. The summed E-state index contributed by atoms with van der Waals surface area (Å²) in [5.74, 6) is -2.04. The molecule has 0 bridgehead atoms. The highest BCUT2D eigenvalue weighted by Crippen LogP contribution is 2.47. The lowest BCUT2D eigenvalue weighted by atomic mass is 10.0. The molecule has 4 aliphatic rings. The van der Waals surface area contributed by atoms with Crippen LogP contribution in [0.25, 0.3) is 10.9 Å². The van der Waals surface area contributed by atoms with E-state index in [2.05, 4.69) is 20.5 Å². The summed E-state index contributed by atoms with van der Waals surface area (Å²) < 4.78 is 47.4. The van der Waals surface area contributed by atoms with Crippen molar-refractivity contribution in [3.05, 3.63) is 53.9 Å². The molecule has 19 heteroatoms. The third kappa shape index (κ3) is 9.62. The van der Waals surface area contributed by atoms with E-state index in [0.717, 1.165) is 12.0 Å². The highest BCUT2D eigenvalue weighted by Gasteiger charge is 2.63. The van der Waals surface area contributed by atoms with Crippen molar-refractivity contribution in [3.8, 4) is 17.4 Å². The maximum absolute atomic E-state index is 14.9. The normalized spacial score (nSPS) is 24.6. The molecule has 0 spiro atoms. The molecule has 340 valence electrons. The number of methoxy groups -OCH3 is 1. The molecule has 63 heavy (non-hydrogen) atoms. The second-order valence-electron chi connectivity index (χ2n) is 17.8. The van der Waals surface area contributed by atoms with Gasteiger partial charge in [0.15, 0.2) is 0 Å². The largest absolute Gasteiger partial charge is 0.496 e. The molecule has 7 rings (SSSR count). The SMILES string of the molecule is COc1ccc2c(O[C@@H]3C[C@H]4C(=O)N[C@]5(C(=O)NS(=O)(=O)C6(C)CC6)C[C@H]5C=CCCCCC[C@H](NC(=O)c5ccn(CC(=O)N(C)C)n5)C(=O)N4C3)cc(OC(C)C)nc2c1C. The molecule has 2 aliphatic carbocycles. The third-order valence-corrected chi connectivity index (χ3v) is 14.6. The van der Waals surface area contributed by atoms with E-state index in [1.165, 1.54) is 26.7 Å². The highest BCUT2D eigenvalue weighted by atomic mass is 32.2. The van der Waals surface area contributed by atoms with Gasteiger partial charge in [-0.15, -0.1) is 0 Å². The van der Waals surface area contributed by atoms with E-state index in [0.29, 0.717) is 60.4 Å². The number of amides is 5. The van der Waals surface area contributed by atoms with Crippen LogP contribution in [0.1, 0.15) is 94.6 Å². The second kappa shape index (κ2) is 17.8. The van der Waals surface area contributed by atoms with E-state index in [1.807, 2.05) is 39.0 Å². The van der Waals surface area contributed by atoms with Crippen molar-refractivity contribution in [3.63, 3.8) is 0 Å². The van der Waals surface area contributed by atoms with Crippen molar-refractivity contribution in [1.82, 2.24) is 39.9 Å². The first-order valence-electron chi connectivity index (χ1n) is 21.6. The van der Waals surface area contributed by atoms with Gasteiger partial charge >= 0.3 is 0 Å².